The van der Waals surface area contributed by atoms with Gasteiger partial charge in [0.1, 0.15) is 11.1 Å². The lowest BCUT2D eigenvalue weighted by Gasteiger charge is -2.36. The third-order valence-corrected chi connectivity index (χ3v) is 8.30. The van der Waals surface area contributed by atoms with Crippen LogP contribution in [0.4, 0.5) is 0 Å². The first kappa shape index (κ1) is 23.6. The van der Waals surface area contributed by atoms with Gasteiger partial charge in [0.2, 0.25) is 5.91 Å². The highest BCUT2D eigenvalue weighted by Gasteiger charge is 2.31. The van der Waals surface area contributed by atoms with Crippen LogP contribution in [0.15, 0.2) is 5.38 Å². The monoisotopic (exact) mass is 436 g/mol. The summed E-state index contributed by atoms with van der Waals surface area (Å²) in [7, 11) is 1.72. The number of hydrogen-bond donors (Lipinski definition) is 1. The van der Waals surface area contributed by atoms with Crippen LogP contribution in [0, 0.1) is 11.8 Å². The van der Waals surface area contributed by atoms with Gasteiger partial charge in [-0.2, -0.15) is 0 Å². The lowest BCUT2D eigenvalue weighted by atomic mass is 9.78. The Morgan fingerprint density at radius 3 is 2.80 bits per heavy atom. The number of thiazole rings is 1. The second-order valence-electron chi connectivity index (χ2n) is 9.28. The minimum Gasteiger partial charge on any atom is -0.375 e. The summed E-state index contributed by atoms with van der Waals surface area (Å²) in [4.78, 5) is 22.5. The van der Waals surface area contributed by atoms with Crippen LogP contribution in [-0.4, -0.2) is 66.1 Å². The zero-order chi connectivity index (χ0) is 21.7. The van der Waals surface area contributed by atoms with Crippen LogP contribution in [0.2, 0.25) is 0 Å². The maximum atomic E-state index is 13.0. The molecule has 170 valence electrons. The molecule has 0 radical (unpaired) electrons. The molecule has 1 N–H and O–H groups in total. The summed E-state index contributed by atoms with van der Waals surface area (Å²) in [5.74, 6) is 1.47. The van der Waals surface area contributed by atoms with Crippen LogP contribution in [0.1, 0.15) is 70.2 Å². The summed E-state index contributed by atoms with van der Waals surface area (Å²) in [5, 5.41) is 6.56. The topological polar surface area (TPSA) is 57.7 Å². The predicted octanol–water partition coefficient (Wildman–Crippen LogP) is 3.69. The van der Waals surface area contributed by atoms with E-state index in [1.165, 1.54) is 12.8 Å². The fourth-order valence-electron chi connectivity index (χ4n) is 4.70. The Morgan fingerprint density at radius 1 is 1.23 bits per heavy atom. The Bertz CT molecular complexity index is 682. The second kappa shape index (κ2) is 11.0. The van der Waals surface area contributed by atoms with Crippen molar-refractivity contribution in [3.63, 3.8) is 0 Å². The number of amides is 1. The van der Waals surface area contributed by atoms with Crippen molar-refractivity contribution in [1.82, 2.24) is 20.1 Å². The van der Waals surface area contributed by atoms with Gasteiger partial charge < -0.3 is 10.1 Å². The highest BCUT2D eigenvalue weighted by Crippen LogP contribution is 2.29. The summed E-state index contributed by atoms with van der Waals surface area (Å²) in [6.07, 6.45) is 4.77. The summed E-state index contributed by atoms with van der Waals surface area (Å²) in [6, 6.07) is 0.267. The summed E-state index contributed by atoms with van der Waals surface area (Å²) in [6.45, 7) is 13.5. The van der Waals surface area contributed by atoms with Crippen LogP contribution in [-0.2, 0) is 16.1 Å². The van der Waals surface area contributed by atoms with Crippen LogP contribution >= 0.6 is 11.3 Å². The Morgan fingerprint density at radius 2 is 2.03 bits per heavy atom. The van der Waals surface area contributed by atoms with Crippen LogP contribution < -0.4 is 5.32 Å². The molecule has 0 spiro atoms. The summed E-state index contributed by atoms with van der Waals surface area (Å²) >= 11 is 1.68. The molecule has 2 fully saturated rings. The molecule has 1 aromatic heterocycles. The Balaban J connectivity index is 1.49. The van der Waals surface area contributed by atoms with E-state index in [4.69, 9.17) is 9.72 Å². The molecule has 3 rings (SSSR count). The lowest BCUT2D eigenvalue weighted by Crippen LogP contribution is -2.52. The van der Waals surface area contributed by atoms with Crippen LogP contribution in [0.5, 0.6) is 0 Å². The molecular weight excluding hydrogens is 396 g/mol. The quantitative estimate of drug-likeness (QED) is 0.706. The van der Waals surface area contributed by atoms with Gasteiger partial charge in [-0.3, -0.25) is 14.6 Å². The van der Waals surface area contributed by atoms with E-state index in [2.05, 4.69) is 41.3 Å². The Labute approximate surface area is 186 Å². The molecule has 5 unspecified atom stereocenters. The zero-order valence-electron chi connectivity index (χ0n) is 19.4. The van der Waals surface area contributed by atoms with Crippen molar-refractivity contribution in [2.24, 2.45) is 11.8 Å². The third-order valence-electron chi connectivity index (χ3n) is 7.24. The fourth-order valence-corrected chi connectivity index (χ4v) is 5.54. The smallest absolute Gasteiger partial charge is 0.237 e. The number of nitrogens with one attached hydrogen (secondary N) is 1. The molecular formula is C23H40N4O2S. The first-order valence-electron chi connectivity index (χ1n) is 11.6. The molecule has 0 bridgehead atoms. The van der Waals surface area contributed by atoms with Crippen molar-refractivity contribution in [3.8, 4) is 0 Å². The second-order valence-corrected chi connectivity index (χ2v) is 10.2. The van der Waals surface area contributed by atoms with E-state index in [1.54, 1.807) is 18.4 Å². The molecule has 0 aromatic carbocycles. The molecule has 7 heteroatoms. The third kappa shape index (κ3) is 6.02. The highest BCUT2D eigenvalue weighted by atomic mass is 32.1. The van der Waals surface area contributed by atoms with Gasteiger partial charge in [0.05, 0.1) is 11.7 Å². The van der Waals surface area contributed by atoms with Crippen molar-refractivity contribution in [2.45, 2.75) is 78.1 Å². The largest absolute Gasteiger partial charge is 0.375 e. The highest BCUT2D eigenvalue weighted by molar-refractivity contribution is 7.09. The molecule has 2 aliphatic rings. The van der Waals surface area contributed by atoms with E-state index < -0.39 is 0 Å². The Kier molecular flexibility index (Phi) is 8.69. The van der Waals surface area contributed by atoms with Crippen molar-refractivity contribution in [1.29, 1.82) is 0 Å². The van der Waals surface area contributed by atoms with Gasteiger partial charge in [0, 0.05) is 44.7 Å². The fraction of sp³-hybridized carbons (Fsp3) is 0.826. The molecule has 6 nitrogen and oxygen atoms in total. The number of nitrogens with zero attached hydrogens (tertiary/aromatic N) is 3. The zero-order valence-corrected chi connectivity index (χ0v) is 20.2. The van der Waals surface area contributed by atoms with Crippen molar-refractivity contribution >= 4 is 17.2 Å². The standard InChI is InChI=1S/C23H40N4O2S/c1-16-8-6-9-21(17(16)2)25-22(28)18(3)27-11-7-10-26(12-13-27)14-20-15-30-23(24-20)19(4)29-5/h15-19,21H,6-14H2,1-5H3,(H,25,28). The van der Waals surface area contributed by atoms with Gasteiger partial charge in [-0.25, -0.2) is 4.98 Å². The molecule has 1 aliphatic carbocycles. The van der Waals surface area contributed by atoms with Crippen LogP contribution in [0.25, 0.3) is 0 Å². The van der Waals surface area contributed by atoms with E-state index in [-0.39, 0.29) is 18.1 Å². The molecule has 1 amide bonds. The molecule has 1 aliphatic heterocycles. The minimum atomic E-state index is -0.0668. The first-order chi connectivity index (χ1) is 14.4. The van der Waals surface area contributed by atoms with Gasteiger partial charge in [-0.1, -0.05) is 26.7 Å². The molecule has 2 heterocycles. The molecule has 30 heavy (non-hydrogen) atoms. The van der Waals surface area contributed by atoms with Crippen molar-refractivity contribution < 1.29 is 9.53 Å². The van der Waals surface area contributed by atoms with Gasteiger partial charge >= 0.3 is 0 Å². The lowest BCUT2D eigenvalue weighted by molar-refractivity contribution is -0.127. The number of aromatic nitrogens is 1. The minimum absolute atomic E-state index is 0.0533. The van der Waals surface area contributed by atoms with Crippen molar-refractivity contribution in [2.75, 3.05) is 33.3 Å². The summed E-state index contributed by atoms with van der Waals surface area (Å²) in [5.41, 5.74) is 1.12. The summed E-state index contributed by atoms with van der Waals surface area (Å²) < 4.78 is 5.38. The number of carbonyl (C=O) groups excluding carboxylic acids is 1. The number of ether oxygens (including phenoxy) is 1. The number of methoxy groups -OCH3 is 1. The molecule has 1 saturated carbocycles. The number of rotatable bonds is 7. The van der Waals surface area contributed by atoms with Gasteiger partial charge in [-0.05, 0) is 45.1 Å². The van der Waals surface area contributed by atoms with E-state index in [9.17, 15) is 4.79 Å². The van der Waals surface area contributed by atoms with E-state index in [1.807, 2.05) is 6.92 Å². The molecule has 1 saturated heterocycles. The SMILES string of the molecule is COC(C)c1nc(CN2CCCN(C(C)C(=O)NC3CCCC(C)C3C)CC2)cs1. The van der Waals surface area contributed by atoms with E-state index in [0.29, 0.717) is 17.9 Å². The molecule has 5 atom stereocenters. The number of carbonyl (C=O) groups is 1. The molecule has 1 aromatic rings. The number of hydrogen-bond acceptors (Lipinski definition) is 6. The van der Waals surface area contributed by atoms with E-state index >= 15 is 0 Å². The van der Waals surface area contributed by atoms with Gasteiger partial charge in [0.25, 0.3) is 0 Å². The van der Waals surface area contributed by atoms with Crippen LogP contribution in [0.3, 0.4) is 0 Å². The average Bonchev–Trinajstić information content (AvgIpc) is 3.08. The Hall–Kier alpha value is -1.02. The normalized spacial score (nSPS) is 28.6. The maximum absolute atomic E-state index is 13.0. The first-order valence-corrected chi connectivity index (χ1v) is 12.5. The van der Waals surface area contributed by atoms with Gasteiger partial charge in [0.15, 0.2) is 0 Å². The van der Waals surface area contributed by atoms with Gasteiger partial charge in [-0.15, -0.1) is 11.3 Å². The maximum Gasteiger partial charge on any atom is 0.237 e. The van der Waals surface area contributed by atoms with Crippen molar-refractivity contribution in [3.05, 3.63) is 16.1 Å². The van der Waals surface area contributed by atoms with E-state index in [0.717, 1.165) is 56.3 Å². The average molecular weight is 437 g/mol. The predicted molar refractivity (Wildman–Crippen MR) is 123 cm³/mol.